The van der Waals surface area contributed by atoms with Crippen molar-refractivity contribution in [2.75, 3.05) is 32.7 Å². The van der Waals surface area contributed by atoms with Gasteiger partial charge in [0.2, 0.25) is 5.79 Å². The summed E-state index contributed by atoms with van der Waals surface area (Å²) in [5, 5.41) is 24.1. The summed E-state index contributed by atoms with van der Waals surface area (Å²) in [6, 6.07) is 13.1. The van der Waals surface area contributed by atoms with Crippen LogP contribution >= 0.6 is 11.8 Å². The summed E-state index contributed by atoms with van der Waals surface area (Å²) in [6.07, 6.45) is 16.5. The fourth-order valence-electron chi connectivity index (χ4n) is 8.20. The van der Waals surface area contributed by atoms with Crippen LogP contribution in [0.4, 0.5) is 0 Å². The average Bonchev–Trinajstić information content (AvgIpc) is 3.17. The van der Waals surface area contributed by atoms with Gasteiger partial charge in [-0.05, 0) is 79.2 Å². The monoisotopic (exact) mass is 727 g/mol. The zero-order valence-corrected chi connectivity index (χ0v) is 30.6. The molecule has 0 radical (unpaired) electrons. The van der Waals surface area contributed by atoms with Gasteiger partial charge in [0.05, 0.1) is 29.2 Å². The Morgan fingerprint density at radius 1 is 1.08 bits per heavy atom. The number of carbonyl (C=O) groups excluding carboxylic acids is 1. The lowest BCUT2D eigenvalue weighted by atomic mass is 9.56. The second kappa shape index (κ2) is 18.1. The Labute approximate surface area is 310 Å². The van der Waals surface area contributed by atoms with Crippen LogP contribution in [-0.2, 0) is 16.0 Å². The molecule has 2 aliphatic carbocycles. The summed E-state index contributed by atoms with van der Waals surface area (Å²) in [4.78, 5) is 25.8. The predicted molar refractivity (Wildman–Crippen MR) is 202 cm³/mol. The minimum absolute atomic E-state index is 0.0540. The highest BCUT2D eigenvalue weighted by molar-refractivity contribution is 8.00. The molecule has 2 aromatic carbocycles. The van der Waals surface area contributed by atoms with E-state index in [-0.39, 0.29) is 42.1 Å². The molecule has 6 rings (SSSR count). The van der Waals surface area contributed by atoms with Crippen LogP contribution in [0.25, 0.3) is 0 Å². The van der Waals surface area contributed by atoms with Crippen molar-refractivity contribution in [3.8, 4) is 17.2 Å². The molecular weight excluding hydrogens is 679 g/mol. The van der Waals surface area contributed by atoms with Crippen LogP contribution in [0, 0.1) is 17.8 Å². The van der Waals surface area contributed by atoms with Crippen molar-refractivity contribution in [3.05, 3.63) is 102 Å². The van der Waals surface area contributed by atoms with E-state index in [1.165, 1.54) is 0 Å². The number of ether oxygens (including phenoxy) is 3. The highest BCUT2D eigenvalue weighted by atomic mass is 32.2. The molecule has 3 aromatic rings. The summed E-state index contributed by atoms with van der Waals surface area (Å²) in [6.45, 7) is 4.59. The van der Waals surface area contributed by atoms with Gasteiger partial charge < -0.3 is 29.3 Å². The molecule has 2 N–H and O–H groups in total. The Balaban J connectivity index is 1.49. The van der Waals surface area contributed by atoms with Crippen molar-refractivity contribution in [1.29, 1.82) is 0 Å². The molecule has 1 aromatic heterocycles. The number of thioether (sulfide) groups is 1. The maximum atomic E-state index is 11.5. The topological polar surface area (TPSA) is 133 Å². The number of oxime groups is 1. The standard InChI is InChI=1S/C41H49N3O7S/c1-3-20-49-41-38(52-21-15-30-26-42-16-17-43-30)25-36(44-48-2)34-23-29(10-4-6-18-45)33(12-5-7-19-46)39(40(34)41)35-24-32(13-14-37(35)51-41)50-31-11-8-9-28(22-31)27-47/h3,8-9,11,13-14,16-17,22-24,26-27,29,33,38-40,45-46H,1,4-7,10,12,15,18-21,25H2,2H3. The zero-order chi connectivity index (χ0) is 36.3. The Morgan fingerprint density at radius 2 is 1.90 bits per heavy atom. The summed E-state index contributed by atoms with van der Waals surface area (Å²) in [7, 11) is 1.59. The molecule has 6 atom stereocenters. The number of aldehydes is 1. The molecule has 276 valence electrons. The van der Waals surface area contributed by atoms with E-state index in [0.717, 1.165) is 78.9 Å². The van der Waals surface area contributed by atoms with Crippen LogP contribution in [-0.4, -0.2) is 75.9 Å². The van der Waals surface area contributed by atoms with Crippen molar-refractivity contribution in [1.82, 2.24) is 9.97 Å². The second-order valence-electron chi connectivity index (χ2n) is 13.5. The number of allylic oxidation sites excluding steroid dienone is 1. The lowest BCUT2D eigenvalue weighted by Gasteiger charge is -2.58. The molecule has 52 heavy (non-hydrogen) atoms. The van der Waals surface area contributed by atoms with E-state index in [4.69, 9.17) is 19.0 Å². The molecule has 0 spiro atoms. The third-order valence-corrected chi connectivity index (χ3v) is 11.7. The number of carbonyl (C=O) groups is 1. The third kappa shape index (κ3) is 8.28. The first-order valence-corrected chi connectivity index (χ1v) is 19.3. The van der Waals surface area contributed by atoms with Crippen molar-refractivity contribution in [3.63, 3.8) is 0 Å². The van der Waals surface area contributed by atoms with Crippen molar-refractivity contribution < 1.29 is 34.1 Å². The number of fused-ring (bicyclic) bond motifs is 2. The maximum absolute atomic E-state index is 11.5. The van der Waals surface area contributed by atoms with E-state index in [1.54, 1.807) is 61.7 Å². The minimum Gasteiger partial charge on any atom is -0.460 e. The SMILES string of the molecule is C=CCOC12Oc3ccc(Oc4cccc(C=O)c4)cc3C3C(CCCCO)C(CCCCO)C=C(C(=NOC)CC1SCCc1cnccn1)C32. The molecule has 10 nitrogen and oxygen atoms in total. The van der Waals surface area contributed by atoms with Gasteiger partial charge in [0, 0.05) is 61.7 Å². The number of aliphatic hydroxyl groups excluding tert-OH is 2. The molecule has 1 saturated carbocycles. The molecule has 0 saturated heterocycles. The summed E-state index contributed by atoms with van der Waals surface area (Å²) < 4.78 is 20.6. The van der Waals surface area contributed by atoms with Crippen molar-refractivity contribution in [2.45, 2.75) is 68.3 Å². The van der Waals surface area contributed by atoms with Crippen LogP contribution in [0.15, 0.2) is 90.5 Å². The van der Waals surface area contributed by atoms with Gasteiger partial charge in [0.1, 0.15) is 30.6 Å². The number of aryl methyl sites for hydroxylation is 1. The summed E-state index contributed by atoms with van der Waals surface area (Å²) in [5.41, 5.74) is 4.45. The van der Waals surface area contributed by atoms with Gasteiger partial charge in [-0.3, -0.25) is 14.8 Å². The maximum Gasteiger partial charge on any atom is 0.230 e. The average molecular weight is 728 g/mol. The molecule has 3 aliphatic rings. The van der Waals surface area contributed by atoms with Crippen LogP contribution in [0.3, 0.4) is 0 Å². The number of rotatable bonds is 19. The van der Waals surface area contributed by atoms with Crippen molar-refractivity contribution >= 4 is 23.8 Å². The van der Waals surface area contributed by atoms with E-state index in [1.807, 2.05) is 18.2 Å². The smallest absolute Gasteiger partial charge is 0.230 e. The van der Waals surface area contributed by atoms with Crippen LogP contribution in [0.5, 0.6) is 17.2 Å². The largest absolute Gasteiger partial charge is 0.460 e. The van der Waals surface area contributed by atoms with Crippen LogP contribution in [0.1, 0.15) is 72.5 Å². The Bertz CT molecular complexity index is 1720. The fourth-order valence-corrected chi connectivity index (χ4v) is 9.58. The molecule has 2 heterocycles. The normalized spacial score (nSPS) is 25.3. The number of nitrogens with zero attached hydrogens (tertiary/aromatic N) is 3. The van der Waals surface area contributed by atoms with Gasteiger partial charge >= 0.3 is 0 Å². The zero-order valence-electron chi connectivity index (χ0n) is 29.8. The summed E-state index contributed by atoms with van der Waals surface area (Å²) in [5.74, 6) is 1.74. The first-order chi connectivity index (χ1) is 25.5. The van der Waals surface area contributed by atoms with E-state index in [2.05, 4.69) is 33.8 Å². The predicted octanol–water partition coefficient (Wildman–Crippen LogP) is 7.32. The van der Waals surface area contributed by atoms with E-state index in [9.17, 15) is 15.0 Å². The van der Waals surface area contributed by atoms with Gasteiger partial charge in [-0.2, -0.15) is 11.8 Å². The Kier molecular flexibility index (Phi) is 13.2. The van der Waals surface area contributed by atoms with Crippen LogP contribution in [0.2, 0.25) is 0 Å². The number of hydrogen-bond donors (Lipinski definition) is 2. The number of aromatic nitrogens is 2. The van der Waals surface area contributed by atoms with E-state index in [0.29, 0.717) is 36.5 Å². The quantitative estimate of drug-likeness (QED) is 0.0560. The van der Waals surface area contributed by atoms with Gasteiger partial charge in [0.25, 0.3) is 0 Å². The number of benzene rings is 2. The lowest BCUT2D eigenvalue weighted by Crippen LogP contribution is -2.64. The second-order valence-corrected chi connectivity index (χ2v) is 14.8. The number of aliphatic hydroxyl groups is 2. The molecule has 6 unspecified atom stereocenters. The fraction of sp³-hybridized carbons (Fsp3) is 0.463. The van der Waals surface area contributed by atoms with E-state index >= 15 is 0 Å². The molecular formula is C41H49N3O7S. The highest BCUT2D eigenvalue weighted by Crippen LogP contribution is 2.62. The van der Waals surface area contributed by atoms with Crippen molar-refractivity contribution in [2.24, 2.45) is 22.9 Å². The van der Waals surface area contributed by atoms with Gasteiger partial charge in [-0.15, -0.1) is 6.58 Å². The number of unbranched alkanes of at least 4 members (excludes halogenated alkanes) is 2. The van der Waals surface area contributed by atoms with Crippen LogP contribution < -0.4 is 9.47 Å². The first-order valence-electron chi connectivity index (χ1n) is 18.3. The molecule has 0 bridgehead atoms. The van der Waals surface area contributed by atoms with E-state index < -0.39 is 5.79 Å². The molecule has 1 fully saturated rings. The van der Waals surface area contributed by atoms with Gasteiger partial charge in [0.15, 0.2) is 0 Å². The lowest BCUT2D eigenvalue weighted by molar-refractivity contribution is -0.223. The third-order valence-electron chi connectivity index (χ3n) is 10.3. The summed E-state index contributed by atoms with van der Waals surface area (Å²) >= 11 is 1.79. The Morgan fingerprint density at radius 3 is 2.65 bits per heavy atom. The highest BCUT2D eigenvalue weighted by Gasteiger charge is 2.63. The molecule has 11 heteroatoms. The minimum atomic E-state index is -1.05. The first kappa shape index (κ1) is 37.7. The molecule has 1 aliphatic heterocycles. The number of hydrogen-bond acceptors (Lipinski definition) is 11. The Hall–Kier alpha value is -4.03. The van der Waals surface area contributed by atoms with Gasteiger partial charge in [-0.1, -0.05) is 42.3 Å². The van der Waals surface area contributed by atoms with Gasteiger partial charge in [-0.25, -0.2) is 0 Å². The molecule has 0 amide bonds.